The molecule has 1 heterocycles. The fourth-order valence-electron chi connectivity index (χ4n) is 1.31. The molecule has 0 aliphatic carbocycles. The number of rotatable bonds is 0. The Labute approximate surface area is 75.2 Å². The third-order valence-corrected chi connectivity index (χ3v) is 2.08. The van der Waals surface area contributed by atoms with Gasteiger partial charge in [0.2, 0.25) is 0 Å². The summed E-state index contributed by atoms with van der Waals surface area (Å²) in [6.07, 6.45) is 1.51. The Kier molecular flexibility index (Phi) is 1.65. The SMILES string of the molecule is Cc1ccc2c(N)ccnc2c1F. The van der Waals surface area contributed by atoms with Crippen molar-refractivity contribution >= 4 is 16.6 Å². The van der Waals surface area contributed by atoms with E-state index in [4.69, 9.17) is 5.73 Å². The van der Waals surface area contributed by atoms with E-state index in [0.717, 1.165) is 0 Å². The van der Waals surface area contributed by atoms with Crippen molar-refractivity contribution in [1.82, 2.24) is 4.98 Å². The van der Waals surface area contributed by atoms with Crippen LogP contribution in [0.4, 0.5) is 10.1 Å². The van der Waals surface area contributed by atoms with Crippen molar-refractivity contribution in [2.45, 2.75) is 6.92 Å². The smallest absolute Gasteiger partial charge is 0.152 e. The number of halogens is 1. The largest absolute Gasteiger partial charge is 0.398 e. The van der Waals surface area contributed by atoms with E-state index in [1.54, 1.807) is 25.1 Å². The molecule has 1 aromatic heterocycles. The van der Waals surface area contributed by atoms with E-state index in [0.29, 0.717) is 22.2 Å². The van der Waals surface area contributed by atoms with Crippen LogP contribution in [0.15, 0.2) is 24.4 Å². The molecule has 2 nitrogen and oxygen atoms in total. The number of nitrogens with two attached hydrogens (primary N) is 1. The zero-order valence-corrected chi connectivity index (χ0v) is 7.21. The maximum Gasteiger partial charge on any atom is 0.152 e. The van der Waals surface area contributed by atoms with Crippen molar-refractivity contribution in [2.75, 3.05) is 5.73 Å². The van der Waals surface area contributed by atoms with E-state index in [-0.39, 0.29) is 5.82 Å². The zero-order chi connectivity index (χ0) is 9.42. The van der Waals surface area contributed by atoms with Gasteiger partial charge in [-0.25, -0.2) is 4.39 Å². The molecule has 0 saturated carbocycles. The summed E-state index contributed by atoms with van der Waals surface area (Å²) in [6.45, 7) is 1.71. The van der Waals surface area contributed by atoms with E-state index in [9.17, 15) is 4.39 Å². The topological polar surface area (TPSA) is 38.9 Å². The summed E-state index contributed by atoms with van der Waals surface area (Å²) in [5.41, 5.74) is 7.16. The summed E-state index contributed by atoms with van der Waals surface area (Å²) >= 11 is 0. The monoisotopic (exact) mass is 176 g/mol. The van der Waals surface area contributed by atoms with E-state index >= 15 is 0 Å². The molecule has 2 rings (SSSR count). The number of pyridine rings is 1. The Hall–Kier alpha value is -1.64. The third kappa shape index (κ3) is 1.13. The predicted molar refractivity (Wildman–Crippen MR) is 50.9 cm³/mol. The van der Waals surface area contributed by atoms with Gasteiger partial charge in [-0.15, -0.1) is 0 Å². The molecule has 0 bridgehead atoms. The molecule has 2 aromatic rings. The second-order valence-corrected chi connectivity index (χ2v) is 2.99. The average molecular weight is 176 g/mol. The number of aromatic nitrogens is 1. The van der Waals surface area contributed by atoms with Gasteiger partial charge >= 0.3 is 0 Å². The molecular weight excluding hydrogens is 167 g/mol. The summed E-state index contributed by atoms with van der Waals surface area (Å²) in [6, 6.07) is 5.16. The minimum absolute atomic E-state index is 0.287. The lowest BCUT2D eigenvalue weighted by atomic mass is 10.1. The van der Waals surface area contributed by atoms with Gasteiger partial charge in [-0.1, -0.05) is 12.1 Å². The van der Waals surface area contributed by atoms with Gasteiger partial charge in [0.15, 0.2) is 5.82 Å². The number of aryl methyl sites for hydroxylation is 1. The van der Waals surface area contributed by atoms with Crippen LogP contribution in [0.3, 0.4) is 0 Å². The normalized spacial score (nSPS) is 10.6. The number of fused-ring (bicyclic) bond motifs is 1. The third-order valence-electron chi connectivity index (χ3n) is 2.08. The Morgan fingerprint density at radius 1 is 1.31 bits per heavy atom. The minimum Gasteiger partial charge on any atom is -0.398 e. The Bertz CT molecular complexity index is 466. The van der Waals surface area contributed by atoms with Gasteiger partial charge in [0, 0.05) is 17.3 Å². The second-order valence-electron chi connectivity index (χ2n) is 2.99. The molecule has 0 amide bonds. The van der Waals surface area contributed by atoms with Gasteiger partial charge < -0.3 is 5.73 Å². The van der Waals surface area contributed by atoms with Crippen LogP contribution in [0.5, 0.6) is 0 Å². The van der Waals surface area contributed by atoms with Crippen molar-refractivity contribution in [1.29, 1.82) is 0 Å². The number of hydrogen-bond acceptors (Lipinski definition) is 2. The summed E-state index contributed by atoms with van der Waals surface area (Å²) in [5.74, 6) is -0.287. The lowest BCUT2D eigenvalue weighted by molar-refractivity contribution is 0.628. The highest BCUT2D eigenvalue weighted by Crippen LogP contribution is 2.22. The highest BCUT2D eigenvalue weighted by molar-refractivity contribution is 5.90. The van der Waals surface area contributed by atoms with Crippen molar-refractivity contribution in [3.63, 3.8) is 0 Å². The molecule has 3 heteroatoms. The van der Waals surface area contributed by atoms with Crippen molar-refractivity contribution in [2.24, 2.45) is 0 Å². The maximum absolute atomic E-state index is 13.5. The second kappa shape index (κ2) is 2.69. The van der Waals surface area contributed by atoms with Gasteiger partial charge in [0.1, 0.15) is 5.52 Å². The number of anilines is 1. The van der Waals surface area contributed by atoms with Crippen LogP contribution in [0, 0.1) is 12.7 Å². The van der Waals surface area contributed by atoms with Crippen molar-refractivity contribution < 1.29 is 4.39 Å². The van der Waals surface area contributed by atoms with Crippen LogP contribution in [0.25, 0.3) is 10.9 Å². The predicted octanol–water partition coefficient (Wildman–Crippen LogP) is 2.26. The molecule has 0 aliphatic heterocycles. The highest BCUT2D eigenvalue weighted by atomic mass is 19.1. The quantitative estimate of drug-likeness (QED) is 0.668. The molecule has 1 aromatic carbocycles. The maximum atomic E-state index is 13.5. The zero-order valence-electron chi connectivity index (χ0n) is 7.21. The number of nitrogens with zero attached hydrogens (tertiary/aromatic N) is 1. The number of benzene rings is 1. The van der Waals surface area contributed by atoms with Gasteiger partial charge in [0.05, 0.1) is 0 Å². The Morgan fingerprint density at radius 3 is 2.85 bits per heavy atom. The van der Waals surface area contributed by atoms with Crippen molar-refractivity contribution in [3.8, 4) is 0 Å². The van der Waals surface area contributed by atoms with Crippen LogP contribution in [-0.4, -0.2) is 4.98 Å². The number of nitrogen functional groups attached to an aromatic ring is 1. The molecule has 0 fully saturated rings. The highest BCUT2D eigenvalue weighted by Gasteiger charge is 2.06. The summed E-state index contributed by atoms with van der Waals surface area (Å²) < 4.78 is 13.5. The summed E-state index contributed by atoms with van der Waals surface area (Å²) in [5, 5.41) is 0.672. The van der Waals surface area contributed by atoms with E-state index in [1.165, 1.54) is 6.20 Å². The Morgan fingerprint density at radius 2 is 2.08 bits per heavy atom. The van der Waals surface area contributed by atoms with Gasteiger partial charge in [-0.05, 0) is 18.6 Å². The molecule has 13 heavy (non-hydrogen) atoms. The first-order valence-corrected chi connectivity index (χ1v) is 3.99. The number of hydrogen-bond donors (Lipinski definition) is 1. The van der Waals surface area contributed by atoms with Crippen LogP contribution in [0.1, 0.15) is 5.56 Å². The van der Waals surface area contributed by atoms with E-state index in [1.807, 2.05) is 0 Å². The van der Waals surface area contributed by atoms with E-state index in [2.05, 4.69) is 4.98 Å². The molecule has 0 aliphatic rings. The van der Waals surface area contributed by atoms with Gasteiger partial charge in [0.25, 0.3) is 0 Å². The van der Waals surface area contributed by atoms with Crippen molar-refractivity contribution in [3.05, 3.63) is 35.8 Å². The van der Waals surface area contributed by atoms with Crippen LogP contribution >= 0.6 is 0 Å². The molecular formula is C10H9FN2. The van der Waals surface area contributed by atoms with Crippen LogP contribution in [-0.2, 0) is 0 Å². The first kappa shape index (κ1) is 7.98. The molecule has 0 spiro atoms. The Balaban J connectivity index is 2.94. The first-order valence-electron chi connectivity index (χ1n) is 3.99. The molecule has 0 atom stereocenters. The van der Waals surface area contributed by atoms with Crippen LogP contribution < -0.4 is 5.73 Å². The lowest BCUT2D eigenvalue weighted by Crippen LogP contribution is -1.92. The minimum atomic E-state index is -0.287. The molecule has 0 saturated heterocycles. The van der Waals surface area contributed by atoms with Crippen LogP contribution in [0.2, 0.25) is 0 Å². The molecule has 0 unspecified atom stereocenters. The molecule has 0 radical (unpaired) electrons. The summed E-state index contributed by atoms with van der Waals surface area (Å²) in [7, 11) is 0. The van der Waals surface area contributed by atoms with E-state index < -0.39 is 0 Å². The average Bonchev–Trinajstić information content (AvgIpc) is 2.12. The summed E-state index contributed by atoms with van der Waals surface area (Å²) in [4.78, 5) is 3.95. The van der Waals surface area contributed by atoms with Gasteiger partial charge in [-0.3, -0.25) is 4.98 Å². The van der Waals surface area contributed by atoms with Gasteiger partial charge in [-0.2, -0.15) is 0 Å². The first-order chi connectivity index (χ1) is 6.20. The molecule has 2 N–H and O–H groups in total. The fraction of sp³-hybridized carbons (Fsp3) is 0.100. The fourth-order valence-corrected chi connectivity index (χ4v) is 1.31. The lowest BCUT2D eigenvalue weighted by Gasteiger charge is -2.03. The molecule has 66 valence electrons. The standard InChI is InChI=1S/C10H9FN2/c1-6-2-3-7-8(12)4-5-13-10(7)9(6)11/h2-5H,1H3,(H2,12,13).